The molecule has 0 aromatic carbocycles. The molecule has 1 aromatic heterocycles. The summed E-state index contributed by atoms with van der Waals surface area (Å²) in [5.41, 5.74) is -0.441. The van der Waals surface area contributed by atoms with Crippen LogP contribution < -0.4 is 0 Å². The van der Waals surface area contributed by atoms with Crippen LogP contribution in [0.2, 0.25) is 5.02 Å². The minimum Gasteiger partial charge on any atom is -0.383 e. The van der Waals surface area contributed by atoms with Gasteiger partial charge in [-0.15, -0.1) is 0 Å². The Balaban J connectivity index is 2.25. The highest BCUT2D eigenvalue weighted by Crippen LogP contribution is 2.38. The summed E-state index contributed by atoms with van der Waals surface area (Å²) in [7, 11) is 1.61. The second-order valence-corrected chi connectivity index (χ2v) is 5.03. The lowest BCUT2D eigenvalue weighted by molar-refractivity contribution is -0.126. The van der Waals surface area contributed by atoms with Crippen molar-refractivity contribution in [2.24, 2.45) is 0 Å². The Morgan fingerprint density at radius 2 is 2.22 bits per heavy atom. The highest BCUT2D eigenvalue weighted by molar-refractivity contribution is 6.31. The van der Waals surface area contributed by atoms with Gasteiger partial charge in [-0.05, 0) is 12.8 Å². The van der Waals surface area contributed by atoms with Crippen LogP contribution in [0.25, 0.3) is 0 Å². The van der Waals surface area contributed by atoms with Crippen molar-refractivity contribution < 1.29 is 14.6 Å². The van der Waals surface area contributed by atoms with Crippen LogP contribution in [0, 0.1) is 0 Å². The van der Waals surface area contributed by atoms with E-state index in [0.717, 1.165) is 0 Å². The standard InChI is InChI=1S/C12H17ClN2O3/c1-18-7-6-15-11(10(13)8-14-15)12(17)4-2-9(16)3-5-12/h8,17H,2-7H2,1H3. The lowest BCUT2D eigenvalue weighted by Gasteiger charge is -2.32. The quantitative estimate of drug-likeness (QED) is 0.902. The second kappa shape index (κ2) is 5.38. The lowest BCUT2D eigenvalue weighted by Crippen LogP contribution is -2.34. The van der Waals surface area contributed by atoms with Crippen molar-refractivity contribution in [3.05, 3.63) is 16.9 Å². The van der Waals surface area contributed by atoms with Gasteiger partial charge in [0.05, 0.1) is 30.1 Å². The Morgan fingerprint density at radius 3 is 2.83 bits per heavy atom. The molecule has 18 heavy (non-hydrogen) atoms. The SMILES string of the molecule is COCCn1ncc(Cl)c1C1(O)CCC(=O)CC1. The van der Waals surface area contributed by atoms with E-state index in [1.54, 1.807) is 11.8 Å². The topological polar surface area (TPSA) is 64.3 Å². The first-order chi connectivity index (χ1) is 8.57. The molecule has 1 aliphatic carbocycles. The average molecular weight is 273 g/mol. The number of halogens is 1. The fourth-order valence-corrected chi connectivity index (χ4v) is 2.67. The van der Waals surface area contributed by atoms with Gasteiger partial charge in [-0.2, -0.15) is 5.10 Å². The second-order valence-electron chi connectivity index (χ2n) is 4.63. The molecule has 6 heteroatoms. The van der Waals surface area contributed by atoms with Gasteiger partial charge in [0, 0.05) is 20.0 Å². The van der Waals surface area contributed by atoms with Gasteiger partial charge < -0.3 is 9.84 Å². The molecule has 0 saturated heterocycles. The largest absolute Gasteiger partial charge is 0.383 e. The van der Waals surface area contributed by atoms with E-state index in [4.69, 9.17) is 16.3 Å². The summed E-state index contributed by atoms with van der Waals surface area (Å²) < 4.78 is 6.68. The Morgan fingerprint density at radius 1 is 1.56 bits per heavy atom. The molecule has 100 valence electrons. The van der Waals surface area contributed by atoms with Crippen molar-refractivity contribution in [2.75, 3.05) is 13.7 Å². The van der Waals surface area contributed by atoms with Gasteiger partial charge in [0.25, 0.3) is 0 Å². The zero-order chi connectivity index (χ0) is 13.2. The summed E-state index contributed by atoms with van der Waals surface area (Å²) in [5, 5.41) is 15.3. The van der Waals surface area contributed by atoms with Gasteiger partial charge in [0.15, 0.2) is 0 Å². The normalized spacial score (nSPS) is 19.2. The number of aromatic nitrogens is 2. The van der Waals surface area contributed by atoms with E-state index in [-0.39, 0.29) is 5.78 Å². The molecule has 1 N–H and O–H groups in total. The summed E-state index contributed by atoms with van der Waals surface area (Å²) in [6.07, 6.45) is 3.12. The Kier molecular flexibility index (Phi) is 4.04. The first-order valence-corrected chi connectivity index (χ1v) is 6.39. The Bertz CT molecular complexity index is 435. The van der Waals surface area contributed by atoms with Crippen LogP contribution in [0.4, 0.5) is 0 Å². The molecule has 0 bridgehead atoms. The summed E-state index contributed by atoms with van der Waals surface area (Å²) in [6.45, 7) is 1.04. The van der Waals surface area contributed by atoms with Crippen LogP contribution in [0.3, 0.4) is 0 Å². The first-order valence-electron chi connectivity index (χ1n) is 6.01. The van der Waals surface area contributed by atoms with Crippen LogP contribution in [-0.4, -0.2) is 34.4 Å². The highest BCUT2D eigenvalue weighted by atomic mass is 35.5. The summed E-state index contributed by atoms with van der Waals surface area (Å²) in [5.74, 6) is 0.193. The van der Waals surface area contributed by atoms with E-state index in [1.807, 2.05) is 0 Å². The first kappa shape index (κ1) is 13.5. The lowest BCUT2D eigenvalue weighted by atomic mass is 9.82. The van der Waals surface area contributed by atoms with Gasteiger partial charge >= 0.3 is 0 Å². The van der Waals surface area contributed by atoms with Crippen LogP contribution in [0.15, 0.2) is 6.20 Å². The number of aliphatic hydroxyl groups is 1. The average Bonchev–Trinajstić information content (AvgIpc) is 2.73. The van der Waals surface area contributed by atoms with Gasteiger partial charge in [0.1, 0.15) is 11.4 Å². The van der Waals surface area contributed by atoms with Crippen molar-refractivity contribution in [3.8, 4) is 0 Å². The van der Waals surface area contributed by atoms with Crippen molar-refractivity contribution >= 4 is 17.4 Å². The number of ketones is 1. The number of carbonyl (C=O) groups is 1. The summed E-state index contributed by atoms with van der Waals surface area (Å²) in [4.78, 5) is 11.3. The molecule has 0 amide bonds. The van der Waals surface area contributed by atoms with Crippen molar-refractivity contribution in [1.82, 2.24) is 9.78 Å². The zero-order valence-corrected chi connectivity index (χ0v) is 11.1. The van der Waals surface area contributed by atoms with Crippen LogP contribution in [-0.2, 0) is 21.7 Å². The smallest absolute Gasteiger partial charge is 0.133 e. The molecule has 1 heterocycles. The molecule has 0 aliphatic heterocycles. The molecule has 1 aliphatic rings. The third-order valence-electron chi connectivity index (χ3n) is 3.38. The molecule has 0 spiro atoms. The number of ether oxygens (including phenoxy) is 1. The maximum Gasteiger partial charge on any atom is 0.133 e. The van der Waals surface area contributed by atoms with Crippen LogP contribution in [0.5, 0.6) is 0 Å². The minimum absolute atomic E-state index is 0.193. The van der Waals surface area contributed by atoms with E-state index >= 15 is 0 Å². The number of carbonyl (C=O) groups excluding carboxylic acids is 1. The Hall–Kier alpha value is -0.910. The van der Waals surface area contributed by atoms with E-state index in [2.05, 4.69) is 5.10 Å². The molecule has 5 nitrogen and oxygen atoms in total. The molecule has 1 fully saturated rings. The summed E-state index contributed by atoms with van der Waals surface area (Å²) in [6, 6.07) is 0. The van der Waals surface area contributed by atoms with Gasteiger partial charge in [-0.1, -0.05) is 11.6 Å². The molecular weight excluding hydrogens is 256 g/mol. The molecule has 0 atom stereocenters. The number of nitrogens with zero attached hydrogens (tertiary/aromatic N) is 2. The fourth-order valence-electron chi connectivity index (χ4n) is 2.35. The third kappa shape index (κ3) is 2.58. The monoisotopic (exact) mass is 272 g/mol. The van der Waals surface area contributed by atoms with Crippen LogP contribution in [0.1, 0.15) is 31.4 Å². The Labute approximate surface area is 111 Å². The molecule has 1 aromatic rings. The highest BCUT2D eigenvalue weighted by Gasteiger charge is 2.38. The molecule has 0 unspecified atom stereocenters. The van der Waals surface area contributed by atoms with Crippen LogP contribution >= 0.6 is 11.6 Å². The van der Waals surface area contributed by atoms with E-state index in [9.17, 15) is 9.90 Å². The van der Waals surface area contributed by atoms with Crippen molar-refractivity contribution in [3.63, 3.8) is 0 Å². The maximum absolute atomic E-state index is 11.3. The predicted molar refractivity (Wildman–Crippen MR) is 66.5 cm³/mol. The summed E-state index contributed by atoms with van der Waals surface area (Å²) >= 11 is 6.11. The third-order valence-corrected chi connectivity index (χ3v) is 3.65. The van der Waals surface area contributed by atoms with Crippen molar-refractivity contribution in [2.45, 2.75) is 37.8 Å². The number of rotatable bonds is 4. The number of methoxy groups -OCH3 is 1. The van der Waals surface area contributed by atoms with E-state index in [0.29, 0.717) is 49.6 Å². The molecule has 2 rings (SSSR count). The van der Waals surface area contributed by atoms with Gasteiger partial charge in [-0.25, -0.2) is 0 Å². The van der Waals surface area contributed by atoms with Gasteiger partial charge in [0.2, 0.25) is 0 Å². The molecule has 1 saturated carbocycles. The predicted octanol–water partition coefficient (Wildman–Crippen LogP) is 1.51. The van der Waals surface area contributed by atoms with Crippen molar-refractivity contribution in [1.29, 1.82) is 0 Å². The number of hydrogen-bond donors (Lipinski definition) is 1. The molecule has 0 radical (unpaired) electrons. The fraction of sp³-hybridized carbons (Fsp3) is 0.667. The molecular formula is C12H17ClN2O3. The maximum atomic E-state index is 11.3. The van der Waals surface area contributed by atoms with E-state index in [1.165, 1.54) is 6.20 Å². The number of Topliss-reactive ketones (excluding diaryl/α,β-unsaturated/α-hetero) is 1. The van der Waals surface area contributed by atoms with Gasteiger partial charge in [-0.3, -0.25) is 9.48 Å². The zero-order valence-electron chi connectivity index (χ0n) is 10.4. The van der Waals surface area contributed by atoms with E-state index < -0.39 is 5.60 Å². The minimum atomic E-state index is -1.05. The number of hydrogen-bond acceptors (Lipinski definition) is 4.